The lowest BCUT2D eigenvalue weighted by atomic mass is 9.97. The normalized spacial score (nSPS) is 14.9. The number of hydrogen-bond donors (Lipinski definition) is 1. The number of thiophene rings is 1. The van der Waals surface area contributed by atoms with Crippen molar-refractivity contribution < 1.29 is 4.79 Å². The van der Waals surface area contributed by atoms with Gasteiger partial charge in [0, 0.05) is 15.5 Å². The molecule has 27 heavy (non-hydrogen) atoms. The first-order valence-corrected chi connectivity index (χ1v) is 10.3. The molecule has 0 radical (unpaired) electrons. The number of nitrogens with zero attached hydrogens (tertiary/aromatic N) is 2. The van der Waals surface area contributed by atoms with Gasteiger partial charge in [0.2, 0.25) is 5.91 Å². The van der Waals surface area contributed by atoms with E-state index in [1.54, 1.807) is 23.5 Å². The highest BCUT2D eigenvalue weighted by molar-refractivity contribution is 7.18. The first-order valence-electron chi connectivity index (χ1n) is 9.13. The molecule has 0 fully saturated rings. The molecule has 1 atom stereocenters. The third-order valence-corrected chi connectivity index (χ3v) is 6.59. The monoisotopic (exact) mass is 401 g/mol. The number of primary amides is 1. The molecule has 2 N–H and O–H groups in total. The number of nitrogens with two attached hydrogens (primary N) is 1. The van der Waals surface area contributed by atoms with Gasteiger partial charge in [-0.3, -0.25) is 14.2 Å². The summed E-state index contributed by atoms with van der Waals surface area (Å²) < 4.78 is 1.48. The maximum Gasteiger partial charge on any atom is 0.263 e. The van der Waals surface area contributed by atoms with Crippen molar-refractivity contribution in [1.82, 2.24) is 9.55 Å². The summed E-state index contributed by atoms with van der Waals surface area (Å²) in [5.41, 5.74) is 7.31. The summed E-state index contributed by atoms with van der Waals surface area (Å²) in [5, 5.41) is 1.26. The van der Waals surface area contributed by atoms with E-state index in [1.165, 1.54) is 9.44 Å². The second-order valence-corrected chi connectivity index (χ2v) is 8.35. The standard InChI is InChI=1S/C20H20ClN3O2S/c1-2-14(17(22)25)24-18(11-7-9-12(21)10-8-11)23-19-16(20(24)26)13-5-3-4-6-15(13)27-19/h7-10,14H,2-6H2,1H3,(H2,22,25). The number of benzene rings is 1. The Kier molecular flexibility index (Phi) is 4.78. The number of carbonyl (C=O) groups excluding carboxylic acids is 1. The van der Waals surface area contributed by atoms with E-state index in [0.717, 1.165) is 41.6 Å². The largest absolute Gasteiger partial charge is 0.368 e. The van der Waals surface area contributed by atoms with Gasteiger partial charge in [0.15, 0.2) is 0 Å². The van der Waals surface area contributed by atoms with Gasteiger partial charge in [0.1, 0.15) is 16.7 Å². The van der Waals surface area contributed by atoms with E-state index in [9.17, 15) is 9.59 Å². The average molecular weight is 402 g/mol. The zero-order valence-electron chi connectivity index (χ0n) is 15.0. The maximum absolute atomic E-state index is 13.5. The predicted octanol–water partition coefficient (Wildman–Crippen LogP) is 4.09. The summed E-state index contributed by atoms with van der Waals surface area (Å²) in [6, 6.07) is 6.39. The molecule has 3 aromatic rings. The molecule has 2 aromatic heterocycles. The molecule has 1 amide bonds. The number of amides is 1. The quantitative estimate of drug-likeness (QED) is 0.715. The van der Waals surface area contributed by atoms with Gasteiger partial charge in [-0.25, -0.2) is 4.98 Å². The number of rotatable bonds is 4. The maximum atomic E-state index is 13.5. The zero-order chi connectivity index (χ0) is 19.1. The van der Waals surface area contributed by atoms with Gasteiger partial charge in [-0.05, 0) is 61.9 Å². The highest BCUT2D eigenvalue weighted by Crippen LogP contribution is 2.35. The highest BCUT2D eigenvalue weighted by Gasteiger charge is 2.27. The van der Waals surface area contributed by atoms with E-state index in [1.807, 2.05) is 19.1 Å². The first-order chi connectivity index (χ1) is 13.0. The Morgan fingerprint density at radius 3 is 2.67 bits per heavy atom. The predicted molar refractivity (Wildman–Crippen MR) is 109 cm³/mol. The zero-order valence-corrected chi connectivity index (χ0v) is 16.6. The molecule has 5 nitrogen and oxygen atoms in total. The summed E-state index contributed by atoms with van der Waals surface area (Å²) in [6.45, 7) is 1.85. The first kappa shape index (κ1) is 18.2. The fourth-order valence-electron chi connectivity index (χ4n) is 3.82. The van der Waals surface area contributed by atoms with E-state index >= 15 is 0 Å². The molecule has 1 aliphatic rings. The Hall–Kier alpha value is -2.18. The van der Waals surface area contributed by atoms with Crippen molar-refractivity contribution in [2.75, 3.05) is 0 Å². The Morgan fingerprint density at radius 2 is 2.00 bits per heavy atom. The van der Waals surface area contributed by atoms with Gasteiger partial charge in [0.25, 0.3) is 5.56 Å². The van der Waals surface area contributed by atoms with Crippen LogP contribution in [-0.4, -0.2) is 15.5 Å². The van der Waals surface area contributed by atoms with Crippen LogP contribution in [0.2, 0.25) is 5.02 Å². The number of carbonyl (C=O) groups is 1. The lowest BCUT2D eigenvalue weighted by Gasteiger charge is -2.19. The van der Waals surface area contributed by atoms with Crippen LogP contribution in [0.1, 0.15) is 42.7 Å². The molecule has 1 aliphatic carbocycles. The Balaban J connectivity index is 2.07. The fraction of sp³-hybridized carbons (Fsp3) is 0.350. The number of fused-ring (bicyclic) bond motifs is 3. The molecule has 2 heterocycles. The Bertz CT molecular complexity index is 1090. The van der Waals surface area contributed by atoms with Gasteiger partial charge >= 0.3 is 0 Å². The summed E-state index contributed by atoms with van der Waals surface area (Å²) in [7, 11) is 0. The number of aromatic nitrogens is 2. The van der Waals surface area contributed by atoms with E-state index in [2.05, 4.69) is 0 Å². The molecule has 0 spiro atoms. The van der Waals surface area contributed by atoms with Crippen LogP contribution in [0.5, 0.6) is 0 Å². The smallest absolute Gasteiger partial charge is 0.263 e. The topological polar surface area (TPSA) is 78.0 Å². The molecule has 0 saturated heterocycles. The lowest BCUT2D eigenvalue weighted by molar-refractivity contribution is -0.121. The minimum Gasteiger partial charge on any atom is -0.368 e. The van der Waals surface area contributed by atoms with Crippen molar-refractivity contribution in [2.45, 2.75) is 45.1 Å². The van der Waals surface area contributed by atoms with Crippen LogP contribution in [-0.2, 0) is 17.6 Å². The van der Waals surface area contributed by atoms with Crippen LogP contribution in [0.15, 0.2) is 29.1 Å². The van der Waals surface area contributed by atoms with Crippen molar-refractivity contribution in [1.29, 1.82) is 0 Å². The van der Waals surface area contributed by atoms with Crippen molar-refractivity contribution in [3.8, 4) is 11.4 Å². The molecule has 0 aliphatic heterocycles. The van der Waals surface area contributed by atoms with E-state index in [4.69, 9.17) is 22.3 Å². The summed E-state index contributed by atoms with van der Waals surface area (Å²) in [5.74, 6) is -0.0616. The lowest BCUT2D eigenvalue weighted by Crippen LogP contribution is -2.35. The van der Waals surface area contributed by atoms with E-state index in [-0.39, 0.29) is 5.56 Å². The minimum atomic E-state index is -0.737. The summed E-state index contributed by atoms with van der Waals surface area (Å²) >= 11 is 7.61. The SMILES string of the molecule is CCC(C(N)=O)n1c(-c2ccc(Cl)cc2)nc2sc3c(c2c1=O)CCCC3. The molecule has 0 bridgehead atoms. The third kappa shape index (κ3) is 3.07. The average Bonchev–Trinajstić information content (AvgIpc) is 3.03. The molecule has 0 saturated carbocycles. The van der Waals surface area contributed by atoms with Crippen molar-refractivity contribution in [3.05, 3.63) is 50.1 Å². The van der Waals surface area contributed by atoms with E-state index < -0.39 is 11.9 Å². The van der Waals surface area contributed by atoms with Crippen molar-refractivity contribution in [2.24, 2.45) is 5.73 Å². The van der Waals surface area contributed by atoms with Crippen LogP contribution < -0.4 is 11.3 Å². The number of hydrogen-bond acceptors (Lipinski definition) is 4. The number of halogens is 1. The molecular formula is C20H20ClN3O2S. The van der Waals surface area contributed by atoms with Crippen LogP contribution in [0.3, 0.4) is 0 Å². The second-order valence-electron chi connectivity index (χ2n) is 6.83. The van der Waals surface area contributed by atoms with Gasteiger partial charge in [-0.15, -0.1) is 11.3 Å². The molecule has 1 aromatic carbocycles. The van der Waals surface area contributed by atoms with E-state index in [0.29, 0.717) is 22.7 Å². The minimum absolute atomic E-state index is 0.171. The third-order valence-electron chi connectivity index (χ3n) is 5.15. The molecule has 4 rings (SSSR count). The second kappa shape index (κ2) is 7.09. The Morgan fingerprint density at radius 1 is 1.30 bits per heavy atom. The Labute approximate surface area is 165 Å². The van der Waals surface area contributed by atoms with Gasteiger partial charge < -0.3 is 5.73 Å². The van der Waals surface area contributed by atoms with Crippen LogP contribution in [0, 0.1) is 0 Å². The summed E-state index contributed by atoms with van der Waals surface area (Å²) in [6.07, 6.45) is 4.51. The molecular weight excluding hydrogens is 382 g/mol. The highest BCUT2D eigenvalue weighted by atomic mass is 35.5. The van der Waals surface area contributed by atoms with Crippen molar-refractivity contribution in [3.63, 3.8) is 0 Å². The van der Waals surface area contributed by atoms with Crippen LogP contribution in [0.25, 0.3) is 21.6 Å². The van der Waals surface area contributed by atoms with Crippen LogP contribution >= 0.6 is 22.9 Å². The van der Waals surface area contributed by atoms with Gasteiger partial charge in [-0.1, -0.05) is 18.5 Å². The summed E-state index contributed by atoms with van der Waals surface area (Å²) in [4.78, 5) is 32.4. The molecule has 140 valence electrons. The number of aryl methyl sites for hydroxylation is 2. The van der Waals surface area contributed by atoms with Crippen LogP contribution in [0.4, 0.5) is 0 Å². The van der Waals surface area contributed by atoms with Gasteiger partial charge in [-0.2, -0.15) is 0 Å². The van der Waals surface area contributed by atoms with Crippen molar-refractivity contribution >= 4 is 39.1 Å². The molecule has 7 heteroatoms. The fourth-order valence-corrected chi connectivity index (χ4v) is 5.20. The van der Waals surface area contributed by atoms with Gasteiger partial charge in [0.05, 0.1) is 5.39 Å². The molecule has 1 unspecified atom stereocenters.